The normalized spacial score (nSPS) is 11.8. The Labute approximate surface area is 158 Å². The summed E-state index contributed by atoms with van der Waals surface area (Å²) in [7, 11) is 0. The van der Waals surface area contributed by atoms with Crippen LogP contribution in [0.5, 0.6) is 11.5 Å². The van der Waals surface area contributed by atoms with E-state index in [4.69, 9.17) is 21.1 Å². The maximum absolute atomic E-state index is 6.37. The molecule has 0 saturated heterocycles. The molecule has 3 nitrogen and oxygen atoms in total. The van der Waals surface area contributed by atoms with Crippen LogP contribution in [-0.2, 0) is 6.54 Å². The number of hydrogen-bond acceptors (Lipinski definition) is 3. The van der Waals surface area contributed by atoms with Crippen molar-refractivity contribution in [3.63, 3.8) is 0 Å². The van der Waals surface area contributed by atoms with Crippen molar-refractivity contribution >= 4 is 24.0 Å². The average Bonchev–Trinajstić information content (AvgIpc) is 2.38. The highest BCUT2D eigenvalue weighted by Gasteiger charge is 2.25. The highest BCUT2D eigenvalue weighted by molar-refractivity contribution is 6.32. The molecular formula is C19H33Cl2NO2. The van der Waals surface area contributed by atoms with Gasteiger partial charge in [0.2, 0.25) is 0 Å². The number of benzene rings is 1. The topological polar surface area (TPSA) is 30.5 Å². The summed E-state index contributed by atoms with van der Waals surface area (Å²) in [6.45, 7) is 17.0. The van der Waals surface area contributed by atoms with E-state index in [1.54, 1.807) is 0 Å². The molecule has 5 heteroatoms. The quantitative estimate of drug-likeness (QED) is 0.614. The predicted molar refractivity (Wildman–Crippen MR) is 106 cm³/mol. The molecule has 0 bridgehead atoms. The highest BCUT2D eigenvalue weighted by atomic mass is 35.5. The van der Waals surface area contributed by atoms with Crippen molar-refractivity contribution in [1.82, 2.24) is 5.32 Å². The Kier molecular flexibility index (Phi) is 9.48. The van der Waals surface area contributed by atoms with E-state index in [2.05, 4.69) is 39.9 Å². The predicted octanol–water partition coefficient (Wildman–Crippen LogP) is 5.86. The Morgan fingerprint density at radius 1 is 1.00 bits per heavy atom. The molecular weight excluding hydrogens is 345 g/mol. The molecule has 0 saturated carbocycles. The van der Waals surface area contributed by atoms with Crippen molar-refractivity contribution in [2.45, 2.75) is 67.0 Å². The molecule has 0 unspecified atom stereocenters. The van der Waals surface area contributed by atoms with E-state index in [1.807, 2.05) is 26.0 Å². The molecule has 0 atom stereocenters. The van der Waals surface area contributed by atoms with Gasteiger partial charge in [0.1, 0.15) is 0 Å². The molecule has 0 aromatic heterocycles. The van der Waals surface area contributed by atoms with Crippen LogP contribution >= 0.6 is 24.0 Å². The minimum Gasteiger partial charge on any atom is -0.490 e. The Bertz CT molecular complexity index is 511. The summed E-state index contributed by atoms with van der Waals surface area (Å²) in [6.07, 6.45) is 1.09. The molecule has 24 heavy (non-hydrogen) atoms. The van der Waals surface area contributed by atoms with Crippen LogP contribution in [0.2, 0.25) is 5.02 Å². The van der Waals surface area contributed by atoms with Gasteiger partial charge in [0.25, 0.3) is 0 Å². The lowest BCUT2D eigenvalue weighted by Crippen LogP contribution is -2.41. The second kappa shape index (κ2) is 9.74. The van der Waals surface area contributed by atoms with Crippen LogP contribution in [0.3, 0.4) is 0 Å². The zero-order chi connectivity index (χ0) is 17.7. The smallest absolute Gasteiger partial charge is 0.179 e. The first-order chi connectivity index (χ1) is 10.6. The van der Waals surface area contributed by atoms with E-state index >= 15 is 0 Å². The van der Waals surface area contributed by atoms with Crippen LogP contribution in [-0.4, -0.2) is 18.8 Å². The van der Waals surface area contributed by atoms with Crippen LogP contribution in [0.1, 0.15) is 60.5 Å². The SMILES string of the molecule is CCOc1cc(CNC(C)(C)CC(C)(C)C)cc(Cl)c1OCC.Cl. The molecule has 0 aliphatic heterocycles. The number of ether oxygens (including phenoxy) is 2. The van der Waals surface area contributed by atoms with E-state index in [-0.39, 0.29) is 23.4 Å². The third-order valence-corrected chi connectivity index (χ3v) is 3.68. The summed E-state index contributed by atoms with van der Waals surface area (Å²) in [4.78, 5) is 0. The van der Waals surface area contributed by atoms with Gasteiger partial charge in [-0.2, -0.15) is 0 Å². The van der Waals surface area contributed by atoms with Gasteiger partial charge in [-0.05, 0) is 57.2 Å². The van der Waals surface area contributed by atoms with Gasteiger partial charge in [0.15, 0.2) is 11.5 Å². The van der Waals surface area contributed by atoms with Crippen LogP contribution in [0.15, 0.2) is 12.1 Å². The summed E-state index contributed by atoms with van der Waals surface area (Å²) in [5.74, 6) is 1.35. The second-order valence-corrected chi connectivity index (χ2v) is 8.15. The number of rotatable bonds is 8. The first-order valence-corrected chi connectivity index (χ1v) is 8.79. The molecule has 0 aliphatic carbocycles. The maximum Gasteiger partial charge on any atom is 0.179 e. The van der Waals surface area contributed by atoms with Gasteiger partial charge in [-0.15, -0.1) is 12.4 Å². The lowest BCUT2D eigenvalue weighted by molar-refractivity contribution is 0.240. The Morgan fingerprint density at radius 2 is 1.58 bits per heavy atom. The van der Waals surface area contributed by atoms with Crippen molar-refractivity contribution in [2.75, 3.05) is 13.2 Å². The first-order valence-electron chi connectivity index (χ1n) is 8.41. The minimum absolute atomic E-state index is 0. The minimum atomic E-state index is 0. The molecule has 1 N–H and O–H groups in total. The zero-order valence-corrected chi connectivity index (χ0v) is 17.7. The molecule has 1 rings (SSSR count). The molecule has 0 aliphatic rings. The molecule has 0 radical (unpaired) electrons. The van der Waals surface area contributed by atoms with Crippen LogP contribution in [0.4, 0.5) is 0 Å². The van der Waals surface area contributed by atoms with Crippen molar-refractivity contribution < 1.29 is 9.47 Å². The average molecular weight is 378 g/mol. The van der Waals surface area contributed by atoms with Crippen molar-refractivity contribution in [1.29, 1.82) is 0 Å². The van der Waals surface area contributed by atoms with E-state index in [0.717, 1.165) is 18.5 Å². The van der Waals surface area contributed by atoms with E-state index in [9.17, 15) is 0 Å². The molecule has 1 aromatic rings. The number of halogens is 2. The Hall–Kier alpha value is -0.640. The van der Waals surface area contributed by atoms with Gasteiger partial charge in [-0.1, -0.05) is 32.4 Å². The van der Waals surface area contributed by atoms with Gasteiger partial charge >= 0.3 is 0 Å². The lowest BCUT2D eigenvalue weighted by atomic mass is 9.82. The Balaban J connectivity index is 0.00000529. The van der Waals surface area contributed by atoms with Crippen molar-refractivity contribution in [3.8, 4) is 11.5 Å². The third-order valence-electron chi connectivity index (χ3n) is 3.40. The van der Waals surface area contributed by atoms with Gasteiger partial charge in [0, 0.05) is 12.1 Å². The van der Waals surface area contributed by atoms with Gasteiger partial charge in [0.05, 0.1) is 18.2 Å². The van der Waals surface area contributed by atoms with Crippen LogP contribution in [0.25, 0.3) is 0 Å². The van der Waals surface area contributed by atoms with Crippen molar-refractivity contribution in [2.24, 2.45) is 5.41 Å². The summed E-state index contributed by atoms with van der Waals surface area (Å²) in [6, 6.07) is 3.97. The maximum atomic E-state index is 6.37. The fourth-order valence-electron chi connectivity index (χ4n) is 3.00. The largest absolute Gasteiger partial charge is 0.490 e. The van der Waals surface area contributed by atoms with Gasteiger partial charge in [-0.3, -0.25) is 0 Å². The summed E-state index contributed by atoms with van der Waals surface area (Å²) in [5.41, 5.74) is 1.43. The molecule has 1 aromatic carbocycles. The van der Waals surface area contributed by atoms with E-state index in [0.29, 0.717) is 29.7 Å². The van der Waals surface area contributed by atoms with Gasteiger partial charge in [-0.25, -0.2) is 0 Å². The zero-order valence-electron chi connectivity index (χ0n) is 16.1. The molecule has 0 spiro atoms. The third kappa shape index (κ3) is 7.96. The lowest BCUT2D eigenvalue weighted by Gasteiger charge is -2.33. The Morgan fingerprint density at radius 3 is 2.08 bits per heavy atom. The van der Waals surface area contributed by atoms with Crippen LogP contribution < -0.4 is 14.8 Å². The number of hydrogen-bond donors (Lipinski definition) is 1. The monoisotopic (exact) mass is 377 g/mol. The van der Waals surface area contributed by atoms with Gasteiger partial charge < -0.3 is 14.8 Å². The molecule has 0 heterocycles. The molecule has 140 valence electrons. The molecule has 0 fully saturated rings. The summed E-state index contributed by atoms with van der Waals surface area (Å²) >= 11 is 6.37. The second-order valence-electron chi connectivity index (χ2n) is 7.75. The first kappa shape index (κ1) is 23.4. The number of nitrogens with one attached hydrogen (secondary N) is 1. The van der Waals surface area contributed by atoms with Crippen molar-refractivity contribution in [3.05, 3.63) is 22.7 Å². The van der Waals surface area contributed by atoms with E-state index in [1.165, 1.54) is 0 Å². The summed E-state index contributed by atoms with van der Waals surface area (Å²) in [5, 5.41) is 4.23. The molecule has 0 amide bonds. The highest BCUT2D eigenvalue weighted by Crippen LogP contribution is 2.37. The van der Waals surface area contributed by atoms with Crippen LogP contribution in [0, 0.1) is 5.41 Å². The fraction of sp³-hybridized carbons (Fsp3) is 0.684. The van der Waals surface area contributed by atoms with E-state index < -0.39 is 0 Å². The standard InChI is InChI=1S/C19H32ClNO2.ClH/c1-8-22-16-11-14(10-15(20)17(16)23-9-2)12-21-19(6,7)13-18(3,4)5;/h10-11,21H,8-9,12-13H2,1-7H3;1H. The summed E-state index contributed by atoms with van der Waals surface area (Å²) < 4.78 is 11.3. The fourth-order valence-corrected chi connectivity index (χ4v) is 3.29.